The van der Waals surface area contributed by atoms with Crippen molar-refractivity contribution < 1.29 is 17.9 Å². The molecule has 7 nitrogen and oxygen atoms in total. The number of carbonyl (C=O) groups is 1. The largest absolute Gasteiger partial charge is 0.495 e. The Morgan fingerprint density at radius 1 is 1.24 bits per heavy atom. The van der Waals surface area contributed by atoms with Gasteiger partial charge in [0, 0.05) is 24.2 Å². The van der Waals surface area contributed by atoms with E-state index in [-0.39, 0.29) is 41.0 Å². The maximum Gasteiger partial charge on any atom is 0.251 e. The Morgan fingerprint density at radius 3 is 2.60 bits per heavy atom. The Morgan fingerprint density at radius 2 is 2.00 bits per heavy atom. The molecule has 1 saturated heterocycles. The zero-order valence-electron chi connectivity index (χ0n) is 14.1. The molecule has 0 unspecified atom stereocenters. The molecule has 2 fully saturated rings. The molecule has 0 aromatic heterocycles. The lowest BCUT2D eigenvalue weighted by atomic mass is 10.1. The van der Waals surface area contributed by atoms with Crippen molar-refractivity contribution in [2.45, 2.75) is 42.7 Å². The molecule has 25 heavy (non-hydrogen) atoms. The summed E-state index contributed by atoms with van der Waals surface area (Å²) in [6, 6.07) is 4.55. The van der Waals surface area contributed by atoms with E-state index in [4.69, 9.17) is 4.74 Å². The van der Waals surface area contributed by atoms with Crippen LogP contribution in [0.15, 0.2) is 23.1 Å². The lowest BCUT2D eigenvalue weighted by Gasteiger charge is -2.24. The fraction of sp³-hybridized carbons (Fsp3) is 0.562. The second-order valence-corrected chi connectivity index (χ2v) is 7.96. The van der Waals surface area contributed by atoms with Crippen LogP contribution in [0.2, 0.25) is 0 Å². The highest BCUT2D eigenvalue weighted by molar-refractivity contribution is 7.89. The molecule has 1 aromatic carbocycles. The van der Waals surface area contributed by atoms with Crippen molar-refractivity contribution in [1.29, 1.82) is 0 Å². The number of sulfonamides is 1. The van der Waals surface area contributed by atoms with E-state index in [0.717, 1.165) is 38.8 Å². The summed E-state index contributed by atoms with van der Waals surface area (Å²) in [5.74, 6) is -0.0340. The zero-order chi connectivity index (χ0) is 17.2. The van der Waals surface area contributed by atoms with Crippen LogP contribution in [0.4, 0.5) is 0 Å². The number of nitrogens with one attached hydrogen (secondary N) is 3. The number of hydrogen-bond donors (Lipinski definition) is 3. The molecule has 9 heteroatoms. The average Bonchev–Trinajstić information content (AvgIpc) is 3.38. The highest BCUT2D eigenvalue weighted by Crippen LogP contribution is 2.28. The molecule has 1 saturated carbocycles. The van der Waals surface area contributed by atoms with Crippen LogP contribution in [-0.2, 0) is 10.0 Å². The Kier molecular flexibility index (Phi) is 6.67. The van der Waals surface area contributed by atoms with Crippen LogP contribution in [0.1, 0.15) is 36.0 Å². The second kappa shape index (κ2) is 8.35. The first-order valence-electron chi connectivity index (χ1n) is 8.21. The van der Waals surface area contributed by atoms with Gasteiger partial charge >= 0.3 is 0 Å². The summed E-state index contributed by atoms with van der Waals surface area (Å²) < 4.78 is 32.8. The SMILES string of the molecule is COc1ccc(C(=O)N[C@H]2CCCNC2)cc1S(=O)(=O)NC1CC1.Cl. The second-order valence-electron chi connectivity index (χ2n) is 6.28. The van der Waals surface area contributed by atoms with Crippen LogP contribution in [0.3, 0.4) is 0 Å². The van der Waals surface area contributed by atoms with E-state index in [2.05, 4.69) is 15.4 Å². The quantitative estimate of drug-likeness (QED) is 0.675. The average molecular weight is 390 g/mol. The van der Waals surface area contributed by atoms with Crippen LogP contribution < -0.4 is 20.1 Å². The van der Waals surface area contributed by atoms with Crippen LogP contribution in [0.25, 0.3) is 0 Å². The van der Waals surface area contributed by atoms with Gasteiger partial charge in [-0.15, -0.1) is 12.4 Å². The summed E-state index contributed by atoms with van der Waals surface area (Å²) in [6.07, 6.45) is 3.62. The summed E-state index contributed by atoms with van der Waals surface area (Å²) in [5, 5.41) is 6.18. The van der Waals surface area contributed by atoms with Crippen molar-refractivity contribution in [1.82, 2.24) is 15.4 Å². The summed E-state index contributed by atoms with van der Waals surface area (Å²) in [4.78, 5) is 12.4. The number of rotatable bonds is 6. The first-order valence-corrected chi connectivity index (χ1v) is 9.70. The highest BCUT2D eigenvalue weighted by atomic mass is 35.5. The molecule has 0 radical (unpaired) electrons. The number of carbonyl (C=O) groups excluding carboxylic acids is 1. The molecule has 140 valence electrons. The van der Waals surface area contributed by atoms with Gasteiger partial charge in [-0.05, 0) is 50.4 Å². The van der Waals surface area contributed by atoms with E-state index >= 15 is 0 Å². The lowest BCUT2D eigenvalue weighted by molar-refractivity contribution is 0.0930. The van der Waals surface area contributed by atoms with E-state index in [0.29, 0.717) is 5.56 Å². The fourth-order valence-electron chi connectivity index (χ4n) is 2.76. The van der Waals surface area contributed by atoms with Gasteiger partial charge in [-0.1, -0.05) is 0 Å². The molecule has 1 aliphatic carbocycles. The third kappa shape index (κ3) is 5.07. The number of amides is 1. The van der Waals surface area contributed by atoms with Gasteiger partial charge in [-0.2, -0.15) is 0 Å². The van der Waals surface area contributed by atoms with Crippen molar-refractivity contribution >= 4 is 28.3 Å². The molecule has 1 aromatic rings. The van der Waals surface area contributed by atoms with Crippen LogP contribution in [0, 0.1) is 0 Å². The molecule has 1 amide bonds. The molecular weight excluding hydrogens is 366 g/mol. The van der Waals surface area contributed by atoms with Gasteiger partial charge in [-0.3, -0.25) is 4.79 Å². The van der Waals surface area contributed by atoms with Gasteiger partial charge in [0.05, 0.1) is 7.11 Å². The van der Waals surface area contributed by atoms with Crippen molar-refractivity contribution in [2.75, 3.05) is 20.2 Å². The molecule has 3 rings (SSSR count). The summed E-state index contributed by atoms with van der Waals surface area (Å²) in [5.41, 5.74) is 0.317. The van der Waals surface area contributed by atoms with Gasteiger partial charge in [0.1, 0.15) is 10.6 Å². The molecule has 3 N–H and O–H groups in total. The maximum absolute atomic E-state index is 12.5. The Hall–Kier alpha value is -1.35. The van der Waals surface area contributed by atoms with E-state index < -0.39 is 10.0 Å². The van der Waals surface area contributed by atoms with Crippen molar-refractivity contribution in [3.63, 3.8) is 0 Å². The molecule has 1 atom stereocenters. The normalized spacial score (nSPS) is 20.4. The van der Waals surface area contributed by atoms with Gasteiger partial charge in [0.25, 0.3) is 5.91 Å². The maximum atomic E-state index is 12.5. The van der Waals surface area contributed by atoms with Crippen molar-refractivity contribution in [2.24, 2.45) is 0 Å². The standard InChI is InChI=1S/C16H23N3O4S.ClH/c1-23-14-7-4-11(16(20)18-13-3-2-8-17-10-13)9-15(14)24(21,22)19-12-5-6-12;/h4,7,9,12-13,17,19H,2-3,5-6,8,10H2,1H3,(H,18,20);1H/t13-;/m0./s1. The van der Waals surface area contributed by atoms with Crippen LogP contribution in [0.5, 0.6) is 5.75 Å². The monoisotopic (exact) mass is 389 g/mol. The predicted molar refractivity (Wildman–Crippen MR) is 96.9 cm³/mol. The van der Waals surface area contributed by atoms with E-state index in [1.165, 1.54) is 19.2 Å². The van der Waals surface area contributed by atoms with Crippen molar-refractivity contribution in [3.8, 4) is 5.75 Å². The minimum Gasteiger partial charge on any atom is -0.495 e. The fourth-order valence-corrected chi connectivity index (χ4v) is 4.26. The number of halogens is 1. The topological polar surface area (TPSA) is 96.5 Å². The Labute approximate surface area is 154 Å². The van der Waals surface area contributed by atoms with Crippen LogP contribution in [-0.4, -0.2) is 46.6 Å². The minimum absolute atomic E-state index is 0. The zero-order valence-corrected chi connectivity index (χ0v) is 15.7. The molecule has 2 aliphatic rings. The van der Waals surface area contributed by atoms with Gasteiger partial charge < -0.3 is 15.4 Å². The van der Waals surface area contributed by atoms with Gasteiger partial charge in [0.2, 0.25) is 10.0 Å². The van der Waals surface area contributed by atoms with Crippen LogP contribution >= 0.6 is 12.4 Å². The van der Waals surface area contributed by atoms with Crippen molar-refractivity contribution in [3.05, 3.63) is 23.8 Å². The summed E-state index contributed by atoms with van der Waals surface area (Å²) in [6.45, 7) is 1.69. The van der Waals surface area contributed by atoms with Gasteiger partial charge in [-0.25, -0.2) is 13.1 Å². The number of hydrogen-bond acceptors (Lipinski definition) is 5. The smallest absolute Gasteiger partial charge is 0.251 e. The van der Waals surface area contributed by atoms with E-state index in [1.54, 1.807) is 6.07 Å². The third-order valence-electron chi connectivity index (χ3n) is 4.25. The third-order valence-corrected chi connectivity index (χ3v) is 5.79. The first kappa shape index (κ1) is 20.0. The summed E-state index contributed by atoms with van der Waals surface area (Å²) >= 11 is 0. The number of ether oxygens (including phenoxy) is 1. The molecule has 0 bridgehead atoms. The Bertz CT molecular complexity index is 716. The number of methoxy groups -OCH3 is 1. The number of benzene rings is 1. The van der Waals surface area contributed by atoms with E-state index in [1.807, 2.05) is 0 Å². The number of piperidine rings is 1. The molecule has 1 aliphatic heterocycles. The predicted octanol–water partition coefficient (Wildman–Crippen LogP) is 1.04. The molecule has 0 spiro atoms. The molecule has 1 heterocycles. The van der Waals surface area contributed by atoms with E-state index in [9.17, 15) is 13.2 Å². The lowest BCUT2D eigenvalue weighted by Crippen LogP contribution is -2.45. The summed E-state index contributed by atoms with van der Waals surface area (Å²) in [7, 11) is -2.28. The molecular formula is C16H24ClN3O4S. The Balaban J connectivity index is 0.00000225. The first-order chi connectivity index (χ1) is 11.5. The highest BCUT2D eigenvalue weighted by Gasteiger charge is 2.30. The minimum atomic E-state index is -3.70. The van der Waals surface area contributed by atoms with Gasteiger partial charge in [0.15, 0.2) is 0 Å².